The average Bonchev–Trinajstić information content (AvgIpc) is 2.35. The summed E-state index contributed by atoms with van der Waals surface area (Å²) in [6, 6.07) is 13.1. The van der Waals surface area contributed by atoms with Crippen molar-refractivity contribution in [2.75, 3.05) is 13.9 Å². The number of methoxy groups -OCH3 is 1. The van der Waals surface area contributed by atoms with E-state index in [0.717, 1.165) is 16.9 Å². The first kappa shape index (κ1) is 13.2. The van der Waals surface area contributed by atoms with Crippen LogP contribution in [0.4, 0.5) is 0 Å². The molecule has 2 rings (SSSR count). The molecule has 0 bridgehead atoms. The van der Waals surface area contributed by atoms with E-state index in [4.69, 9.17) is 32.7 Å². The second-order valence-corrected chi connectivity index (χ2v) is 4.61. The molecule has 18 heavy (non-hydrogen) atoms. The van der Waals surface area contributed by atoms with Crippen LogP contribution >= 0.6 is 23.2 Å². The van der Waals surface area contributed by atoms with Gasteiger partial charge < -0.3 is 9.47 Å². The van der Waals surface area contributed by atoms with Gasteiger partial charge in [-0.2, -0.15) is 0 Å². The molecule has 0 aliphatic carbocycles. The molecule has 0 aliphatic heterocycles. The Kier molecular flexibility index (Phi) is 4.48. The van der Waals surface area contributed by atoms with Gasteiger partial charge in [0, 0.05) is 17.2 Å². The molecule has 0 radical (unpaired) electrons. The second kappa shape index (κ2) is 6.10. The topological polar surface area (TPSA) is 18.5 Å². The fourth-order valence-electron chi connectivity index (χ4n) is 1.61. The highest BCUT2D eigenvalue weighted by Gasteiger charge is 2.03. The molecule has 4 heteroatoms. The first-order valence-electron chi connectivity index (χ1n) is 5.37. The maximum atomic E-state index is 5.99. The third-order valence-electron chi connectivity index (χ3n) is 2.37. The van der Waals surface area contributed by atoms with Crippen molar-refractivity contribution in [1.29, 1.82) is 0 Å². The Hall–Kier alpha value is -1.22. The highest BCUT2D eigenvalue weighted by molar-refractivity contribution is 6.35. The van der Waals surface area contributed by atoms with E-state index in [2.05, 4.69) is 0 Å². The van der Waals surface area contributed by atoms with Crippen LogP contribution < -0.4 is 4.74 Å². The van der Waals surface area contributed by atoms with Crippen molar-refractivity contribution in [2.24, 2.45) is 0 Å². The molecule has 2 aromatic rings. The van der Waals surface area contributed by atoms with Gasteiger partial charge >= 0.3 is 0 Å². The third kappa shape index (κ3) is 3.39. The van der Waals surface area contributed by atoms with Crippen LogP contribution in [-0.2, 0) is 4.74 Å². The molecule has 0 aromatic heterocycles. The highest BCUT2D eigenvalue weighted by Crippen LogP contribution is 2.29. The van der Waals surface area contributed by atoms with Gasteiger partial charge in [-0.1, -0.05) is 35.3 Å². The van der Waals surface area contributed by atoms with E-state index in [0.29, 0.717) is 10.0 Å². The van der Waals surface area contributed by atoms with Crippen LogP contribution in [0.25, 0.3) is 11.1 Å². The van der Waals surface area contributed by atoms with E-state index in [9.17, 15) is 0 Å². The lowest BCUT2D eigenvalue weighted by Crippen LogP contribution is -1.98. The molecule has 0 spiro atoms. The highest BCUT2D eigenvalue weighted by atomic mass is 35.5. The van der Waals surface area contributed by atoms with Crippen LogP contribution in [0, 0.1) is 0 Å². The summed E-state index contributed by atoms with van der Waals surface area (Å²) in [5.74, 6) is 0.741. The predicted octanol–water partition coefficient (Wildman–Crippen LogP) is 4.64. The van der Waals surface area contributed by atoms with Crippen molar-refractivity contribution < 1.29 is 9.47 Å². The molecule has 0 aliphatic rings. The first-order chi connectivity index (χ1) is 8.69. The van der Waals surface area contributed by atoms with Gasteiger partial charge in [-0.3, -0.25) is 0 Å². The lowest BCUT2D eigenvalue weighted by Gasteiger charge is -2.08. The predicted molar refractivity (Wildman–Crippen MR) is 74.4 cm³/mol. The van der Waals surface area contributed by atoms with Crippen molar-refractivity contribution in [3.8, 4) is 16.9 Å². The van der Waals surface area contributed by atoms with Gasteiger partial charge in [0.2, 0.25) is 0 Å². The lowest BCUT2D eigenvalue weighted by atomic mass is 10.1. The Morgan fingerprint density at radius 2 is 1.67 bits per heavy atom. The van der Waals surface area contributed by atoms with Crippen LogP contribution in [-0.4, -0.2) is 13.9 Å². The summed E-state index contributed by atoms with van der Waals surface area (Å²) in [6.45, 7) is 0.222. The molecule has 0 saturated carbocycles. The molecule has 2 aromatic carbocycles. The Bertz CT molecular complexity index is 521. The minimum atomic E-state index is 0.222. The SMILES string of the molecule is COCOc1cccc(-c2cc(Cl)cc(Cl)c2)c1. The largest absolute Gasteiger partial charge is 0.468 e. The minimum Gasteiger partial charge on any atom is -0.468 e. The van der Waals surface area contributed by atoms with E-state index in [-0.39, 0.29) is 6.79 Å². The molecule has 0 fully saturated rings. The number of benzene rings is 2. The number of hydrogen-bond donors (Lipinski definition) is 0. The van der Waals surface area contributed by atoms with Crippen molar-refractivity contribution in [3.05, 3.63) is 52.5 Å². The van der Waals surface area contributed by atoms with Crippen LogP contribution in [0.2, 0.25) is 10.0 Å². The van der Waals surface area contributed by atoms with Crippen LogP contribution in [0.15, 0.2) is 42.5 Å². The van der Waals surface area contributed by atoms with Gasteiger partial charge in [-0.25, -0.2) is 0 Å². The van der Waals surface area contributed by atoms with Crippen molar-refractivity contribution in [2.45, 2.75) is 0 Å². The summed E-state index contributed by atoms with van der Waals surface area (Å²) in [6.07, 6.45) is 0. The Labute approximate surface area is 116 Å². The smallest absolute Gasteiger partial charge is 0.188 e. The zero-order chi connectivity index (χ0) is 13.0. The molecular weight excluding hydrogens is 271 g/mol. The maximum Gasteiger partial charge on any atom is 0.188 e. The molecule has 2 nitrogen and oxygen atoms in total. The monoisotopic (exact) mass is 282 g/mol. The van der Waals surface area contributed by atoms with E-state index in [1.165, 1.54) is 0 Å². The van der Waals surface area contributed by atoms with E-state index < -0.39 is 0 Å². The molecule has 0 unspecified atom stereocenters. The fraction of sp³-hybridized carbons (Fsp3) is 0.143. The minimum absolute atomic E-state index is 0.222. The van der Waals surface area contributed by atoms with E-state index in [1.54, 1.807) is 13.2 Å². The summed E-state index contributed by atoms with van der Waals surface area (Å²) in [5, 5.41) is 1.22. The second-order valence-electron chi connectivity index (χ2n) is 3.74. The summed E-state index contributed by atoms with van der Waals surface area (Å²) in [7, 11) is 1.58. The summed E-state index contributed by atoms with van der Waals surface area (Å²) in [5.41, 5.74) is 1.95. The quantitative estimate of drug-likeness (QED) is 0.761. The van der Waals surface area contributed by atoms with Gasteiger partial charge in [-0.15, -0.1) is 0 Å². The fourth-order valence-corrected chi connectivity index (χ4v) is 2.14. The zero-order valence-corrected chi connectivity index (χ0v) is 11.3. The van der Waals surface area contributed by atoms with Gasteiger partial charge in [0.15, 0.2) is 6.79 Å². The van der Waals surface area contributed by atoms with Gasteiger partial charge in [0.05, 0.1) is 0 Å². The zero-order valence-electron chi connectivity index (χ0n) is 9.82. The number of halogens is 2. The summed E-state index contributed by atoms with van der Waals surface area (Å²) in [4.78, 5) is 0. The van der Waals surface area contributed by atoms with Gasteiger partial charge in [0.25, 0.3) is 0 Å². The summed E-state index contributed by atoms with van der Waals surface area (Å²) >= 11 is 12.0. The maximum absolute atomic E-state index is 5.99. The van der Waals surface area contributed by atoms with E-state index in [1.807, 2.05) is 36.4 Å². The molecule has 0 saturated heterocycles. The van der Waals surface area contributed by atoms with Gasteiger partial charge in [0.1, 0.15) is 5.75 Å². The molecule has 0 amide bonds. The third-order valence-corrected chi connectivity index (χ3v) is 2.81. The molecule has 94 valence electrons. The number of ether oxygens (including phenoxy) is 2. The van der Waals surface area contributed by atoms with Crippen LogP contribution in [0.1, 0.15) is 0 Å². The standard InChI is InChI=1S/C14H12Cl2O2/c1-17-9-18-14-4-2-3-10(7-14)11-5-12(15)8-13(16)6-11/h2-8H,9H2,1H3. The Balaban J connectivity index is 2.32. The number of hydrogen-bond acceptors (Lipinski definition) is 2. The first-order valence-corrected chi connectivity index (χ1v) is 6.13. The van der Waals surface area contributed by atoms with Crippen molar-refractivity contribution in [1.82, 2.24) is 0 Å². The summed E-state index contributed by atoms with van der Waals surface area (Å²) < 4.78 is 10.3. The number of rotatable bonds is 4. The lowest BCUT2D eigenvalue weighted by molar-refractivity contribution is 0.0511. The van der Waals surface area contributed by atoms with Crippen LogP contribution in [0.5, 0.6) is 5.75 Å². The Morgan fingerprint density at radius 1 is 0.944 bits per heavy atom. The molecule has 0 N–H and O–H groups in total. The van der Waals surface area contributed by atoms with E-state index >= 15 is 0 Å². The Morgan fingerprint density at radius 3 is 2.33 bits per heavy atom. The van der Waals surface area contributed by atoms with Crippen LogP contribution in [0.3, 0.4) is 0 Å². The molecule has 0 heterocycles. The van der Waals surface area contributed by atoms with Crippen molar-refractivity contribution in [3.63, 3.8) is 0 Å². The van der Waals surface area contributed by atoms with Crippen molar-refractivity contribution >= 4 is 23.2 Å². The molecular formula is C14H12Cl2O2. The average molecular weight is 283 g/mol. The molecule has 0 atom stereocenters. The van der Waals surface area contributed by atoms with Gasteiger partial charge in [-0.05, 0) is 41.5 Å². The normalized spacial score (nSPS) is 10.4.